The molecule has 0 amide bonds. The number of nitrogens with zero attached hydrogens (tertiary/aromatic N) is 3. The highest BCUT2D eigenvalue weighted by Gasteiger charge is 2.17. The summed E-state index contributed by atoms with van der Waals surface area (Å²) in [7, 11) is 0. The number of phenolic OH excluding ortho intramolecular Hbond substituents is 1. The second-order valence-corrected chi connectivity index (χ2v) is 6.93. The van der Waals surface area contributed by atoms with Gasteiger partial charge in [-0.05, 0) is 48.5 Å². The van der Waals surface area contributed by atoms with Gasteiger partial charge in [-0.1, -0.05) is 23.2 Å². The Morgan fingerprint density at radius 3 is 2.55 bits per heavy atom. The van der Waals surface area contributed by atoms with Crippen LogP contribution in [0.4, 0.5) is 11.4 Å². The third-order valence-corrected chi connectivity index (χ3v) is 4.57. The molecular formula is C20H11Cl2N3O4. The number of nitro benzene ring substituents is 1. The van der Waals surface area contributed by atoms with Gasteiger partial charge in [-0.2, -0.15) is 0 Å². The number of aromatic nitrogens is 1. The van der Waals surface area contributed by atoms with Gasteiger partial charge in [0.05, 0.1) is 10.6 Å². The van der Waals surface area contributed by atoms with E-state index >= 15 is 0 Å². The summed E-state index contributed by atoms with van der Waals surface area (Å²) in [6, 6.07) is 14.7. The Morgan fingerprint density at radius 1 is 1.07 bits per heavy atom. The zero-order valence-electron chi connectivity index (χ0n) is 14.5. The van der Waals surface area contributed by atoms with Crippen LogP contribution in [-0.2, 0) is 0 Å². The number of phenols is 1. The van der Waals surface area contributed by atoms with Gasteiger partial charge in [0.2, 0.25) is 11.6 Å². The van der Waals surface area contributed by atoms with E-state index in [1.807, 2.05) is 0 Å². The van der Waals surface area contributed by atoms with Crippen molar-refractivity contribution in [3.05, 3.63) is 80.3 Å². The van der Waals surface area contributed by atoms with E-state index in [4.69, 9.17) is 27.6 Å². The van der Waals surface area contributed by atoms with Gasteiger partial charge in [-0.3, -0.25) is 15.1 Å². The fourth-order valence-corrected chi connectivity index (χ4v) is 3.05. The van der Waals surface area contributed by atoms with Crippen LogP contribution in [0.3, 0.4) is 0 Å². The lowest BCUT2D eigenvalue weighted by Crippen LogP contribution is -1.92. The molecule has 0 aliphatic heterocycles. The van der Waals surface area contributed by atoms with Crippen molar-refractivity contribution in [3.63, 3.8) is 0 Å². The Bertz CT molecular complexity index is 1270. The lowest BCUT2D eigenvalue weighted by atomic mass is 10.2. The van der Waals surface area contributed by atoms with Crippen LogP contribution in [0.2, 0.25) is 10.0 Å². The van der Waals surface area contributed by atoms with E-state index < -0.39 is 16.4 Å². The summed E-state index contributed by atoms with van der Waals surface area (Å²) in [6.45, 7) is 0. The second-order valence-electron chi connectivity index (χ2n) is 6.06. The fourth-order valence-electron chi connectivity index (χ4n) is 2.70. The van der Waals surface area contributed by atoms with Gasteiger partial charge in [-0.25, -0.2) is 4.98 Å². The molecule has 1 aromatic heterocycles. The molecule has 144 valence electrons. The van der Waals surface area contributed by atoms with Crippen molar-refractivity contribution in [1.82, 2.24) is 4.98 Å². The van der Waals surface area contributed by atoms with Gasteiger partial charge in [-0.15, -0.1) is 0 Å². The molecule has 3 aromatic carbocycles. The highest BCUT2D eigenvalue weighted by atomic mass is 35.5. The number of aromatic hydroxyl groups is 1. The second kappa shape index (κ2) is 7.54. The predicted octanol–water partition coefficient (Wildman–Crippen LogP) is 6.17. The highest BCUT2D eigenvalue weighted by molar-refractivity contribution is 6.31. The molecule has 29 heavy (non-hydrogen) atoms. The molecule has 9 heteroatoms. The van der Waals surface area contributed by atoms with Crippen LogP contribution in [0.25, 0.3) is 22.6 Å². The molecule has 0 atom stereocenters. The Kier molecular flexibility index (Phi) is 4.92. The fraction of sp³-hybridized carbons (Fsp3) is 0. The van der Waals surface area contributed by atoms with Crippen molar-refractivity contribution >= 4 is 51.9 Å². The first kappa shape index (κ1) is 18.9. The maximum absolute atomic E-state index is 11.0. The van der Waals surface area contributed by atoms with Gasteiger partial charge in [0, 0.05) is 33.5 Å². The Labute approximate surface area is 174 Å². The maximum Gasteiger partial charge on any atom is 0.312 e. The minimum absolute atomic E-state index is 0.121. The van der Waals surface area contributed by atoms with Gasteiger partial charge >= 0.3 is 5.69 Å². The Balaban J connectivity index is 1.67. The molecule has 0 aliphatic rings. The summed E-state index contributed by atoms with van der Waals surface area (Å²) in [4.78, 5) is 19.0. The lowest BCUT2D eigenvalue weighted by molar-refractivity contribution is -0.385. The van der Waals surface area contributed by atoms with Crippen molar-refractivity contribution in [1.29, 1.82) is 0 Å². The minimum Gasteiger partial charge on any atom is -0.502 e. The molecule has 1 N–H and O–H groups in total. The number of hydrogen-bond acceptors (Lipinski definition) is 6. The summed E-state index contributed by atoms with van der Waals surface area (Å²) >= 11 is 11.8. The number of fused-ring (bicyclic) bond motifs is 1. The van der Waals surface area contributed by atoms with E-state index in [-0.39, 0.29) is 10.6 Å². The monoisotopic (exact) mass is 427 g/mol. The molecule has 4 rings (SSSR count). The van der Waals surface area contributed by atoms with E-state index in [9.17, 15) is 15.2 Å². The van der Waals surface area contributed by atoms with Gasteiger partial charge in [0.15, 0.2) is 5.58 Å². The van der Waals surface area contributed by atoms with Crippen LogP contribution in [0, 0.1) is 10.1 Å². The number of rotatable bonds is 4. The first-order valence-corrected chi connectivity index (χ1v) is 9.04. The van der Waals surface area contributed by atoms with Crippen LogP contribution < -0.4 is 0 Å². The molecule has 7 nitrogen and oxygen atoms in total. The quantitative estimate of drug-likeness (QED) is 0.238. The van der Waals surface area contributed by atoms with Gasteiger partial charge in [0.1, 0.15) is 5.52 Å². The van der Waals surface area contributed by atoms with E-state index in [2.05, 4.69) is 9.98 Å². The Hall–Kier alpha value is -3.42. The van der Waals surface area contributed by atoms with Gasteiger partial charge < -0.3 is 9.52 Å². The molecule has 0 unspecified atom stereocenters. The summed E-state index contributed by atoms with van der Waals surface area (Å²) in [5.41, 5.74) is 2.12. The molecule has 0 fully saturated rings. The van der Waals surface area contributed by atoms with E-state index in [1.54, 1.807) is 42.5 Å². The first-order valence-electron chi connectivity index (χ1n) is 8.28. The molecule has 0 bridgehead atoms. The lowest BCUT2D eigenvalue weighted by Gasteiger charge is -2.01. The minimum atomic E-state index is -0.710. The van der Waals surface area contributed by atoms with Crippen molar-refractivity contribution in [3.8, 4) is 17.2 Å². The number of nitro groups is 1. The molecule has 0 saturated heterocycles. The van der Waals surface area contributed by atoms with Crippen molar-refractivity contribution in [2.45, 2.75) is 0 Å². The number of oxazole rings is 1. The summed E-state index contributed by atoms with van der Waals surface area (Å²) in [5, 5.41) is 21.8. The zero-order chi connectivity index (χ0) is 20.5. The largest absolute Gasteiger partial charge is 0.502 e. The van der Waals surface area contributed by atoms with Crippen molar-refractivity contribution in [2.24, 2.45) is 4.99 Å². The standard InChI is InChI=1S/C20H11Cl2N3O4/c21-13-3-1-11(2-4-13)20-24-16-9-15(5-6-18(16)29-20)23-10-12-7-14(22)8-17(19(12)26)25(27)28/h1-10,26H. The third kappa shape index (κ3) is 3.91. The molecule has 0 saturated carbocycles. The Morgan fingerprint density at radius 2 is 1.83 bits per heavy atom. The smallest absolute Gasteiger partial charge is 0.312 e. The topological polar surface area (TPSA) is 102 Å². The molecular weight excluding hydrogens is 417 g/mol. The van der Waals surface area contributed by atoms with E-state index in [1.165, 1.54) is 12.3 Å². The van der Waals surface area contributed by atoms with Crippen LogP contribution in [0.5, 0.6) is 5.75 Å². The van der Waals surface area contributed by atoms with E-state index in [0.29, 0.717) is 27.7 Å². The number of aliphatic imine (C=N–C) groups is 1. The number of hydrogen-bond donors (Lipinski definition) is 1. The third-order valence-electron chi connectivity index (χ3n) is 4.10. The van der Waals surface area contributed by atoms with Crippen LogP contribution in [0.1, 0.15) is 5.56 Å². The van der Waals surface area contributed by atoms with Crippen molar-refractivity contribution in [2.75, 3.05) is 0 Å². The number of benzene rings is 3. The first-order chi connectivity index (χ1) is 13.9. The van der Waals surface area contributed by atoms with Crippen LogP contribution >= 0.6 is 23.2 Å². The van der Waals surface area contributed by atoms with Gasteiger partial charge in [0.25, 0.3) is 0 Å². The normalized spacial score (nSPS) is 11.4. The SMILES string of the molecule is O=[N+]([O-])c1cc(Cl)cc(C=Nc2ccc3oc(-c4ccc(Cl)cc4)nc3c2)c1O. The summed E-state index contributed by atoms with van der Waals surface area (Å²) in [5.74, 6) is -0.0587. The molecule has 0 radical (unpaired) electrons. The molecule has 1 heterocycles. The van der Waals surface area contributed by atoms with Crippen LogP contribution in [-0.4, -0.2) is 21.2 Å². The van der Waals surface area contributed by atoms with Crippen LogP contribution in [0.15, 0.2) is 64.0 Å². The number of halogens is 2. The zero-order valence-corrected chi connectivity index (χ0v) is 16.1. The summed E-state index contributed by atoms with van der Waals surface area (Å²) in [6.07, 6.45) is 1.30. The maximum atomic E-state index is 11.0. The molecule has 0 spiro atoms. The highest BCUT2D eigenvalue weighted by Crippen LogP contribution is 2.33. The van der Waals surface area contributed by atoms with Crippen molar-refractivity contribution < 1.29 is 14.4 Å². The van der Waals surface area contributed by atoms with E-state index in [0.717, 1.165) is 11.6 Å². The average Bonchev–Trinajstić information content (AvgIpc) is 3.12. The average molecular weight is 428 g/mol. The molecule has 0 aliphatic carbocycles. The summed E-state index contributed by atoms with van der Waals surface area (Å²) < 4.78 is 5.75. The predicted molar refractivity (Wildman–Crippen MR) is 111 cm³/mol. The molecule has 4 aromatic rings.